The van der Waals surface area contributed by atoms with Crippen molar-refractivity contribution in [2.75, 3.05) is 13.1 Å². The highest BCUT2D eigenvalue weighted by Crippen LogP contribution is 2.22. The Kier molecular flexibility index (Phi) is 3.27. The number of carbonyl (C=O) groups is 1. The van der Waals surface area contributed by atoms with Gasteiger partial charge in [-0.1, -0.05) is 0 Å². The fraction of sp³-hybridized carbons (Fsp3) is 0.462. The predicted octanol–water partition coefficient (Wildman–Crippen LogP) is 0.117. The van der Waals surface area contributed by atoms with E-state index in [1.807, 2.05) is 13.0 Å². The second kappa shape index (κ2) is 5.09. The monoisotopic (exact) mass is 275 g/mol. The van der Waals surface area contributed by atoms with Crippen LogP contribution in [0.15, 0.2) is 18.5 Å². The Morgan fingerprint density at radius 2 is 2.40 bits per heavy atom. The van der Waals surface area contributed by atoms with E-state index in [9.17, 15) is 9.90 Å². The number of carbonyl (C=O) groups excluding carboxylic acids is 1. The number of hydrogen-bond acceptors (Lipinski definition) is 4. The van der Waals surface area contributed by atoms with Gasteiger partial charge in [-0.2, -0.15) is 5.10 Å². The van der Waals surface area contributed by atoms with E-state index in [1.54, 1.807) is 17.3 Å². The number of amides is 1. The average molecular weight is 275 g/mol. The first-order valence-corrected chi connectivity index (χ1v) is 6.61. The highest BCUT2D eigenvalue weighted by Gasteiger charge is 2.35. The number of β-amino-alcohol motifs (C(OH)–C–C–N with tert-alkyl or cyclic N) is 1. The molecule has 7 nitrogen and oxygen atoms in total. The Morgan fingerprint density at radius 1 is 1.55 bits per heavy atom. The van der Waals surface area contributed by atoms with E-state index in [1.165, 1.54) is 0 Å². The summed E-state index contributed by atoms with van der Waals surface area (Å²) in [6, 6.07) is 1.96. The summed E-state index contributed by atoms with van der Waals surface area (Å²) < 4.78 is 0. The second-order valence-corrected chi connectivity index (χ2v) is 5.22. The standard InChI is InChI=1S/C13H17N5O2/c1-8-4-10(17-16-8)5-9-6-18(7-11(9)19)13(20)12-14-2-3-15-12/h2-4,9,11,19H,5-7H2,1H3,(H,14,15)(H,16,17)/t9-,11+/m1/s1. The third-order valence-corrected chi connectivity index (χ3v) is 3.62. The van der Waals surface area contributed by atoms with Crippen LogP contribution in [0.2, 0.25) is 0 Å². The molecule has 7 heteroatoms. The molecule has 2 aromatic rings. The van der Waals surface area contributed by atoms with Crippen LogP contribution in [0, 0.1) is 12.8 Å². The number of H-pyrrole nitrogens is 2. The molecule has 0 radical (unpaired) electrons. The minimum atomic E-state index is -0.522. The van der Waals surface area contributed by atoms with E-state index in [-0.39, 0.29) is 11.8 Å². The molecule has 2 atom stereocenters. The molecule has 0 spiro atoms. The van der Waals surface area contributed by atoms with Crippen LogP contribution in [0.1, 0.15) is 22.0 Å². The van der Waals surface area contributed by atoms with Crippen molar-refractivity contribution >= 4 is 5.91 Å². The van der Waals surface area contributed by atoms with Crippen LogP contribution in [0.4, 0.5) is 0 Å². The molecular formula is C13H17N5O2. The maximum atomic E-state index is 12.2. The summed E-state index contributed by atoms with van der Waals surface area (Å²) >= 11 is 0. The first-order valence-electron chi connectivity index (χ1n) is 6.61. The lowest BCUT2D eigenvalue weighted by Crippen LogP contribution is -2.30. The summed E-state index contributed by atoms with van der Waals surface area (Å²) in [5.41, 5.74) is 1.91. The number of imidazole rings is 1. The number of aliphatic hydroxyl groups excluding tert-OH is 1. The highest BCUT2D eigenvalue weighted by atomic mass is 16.3. The molecule has 0 saturated carbocycles. The molecule has 1 amide bonds. The van der Waals surface area contributed by atoms with Gasteiger partial charge < -0.3 is 15.0 Å². The van der Waals surface area contributed by atoms with Crippen LogP contribution in [0.5, 0.6) is 0 Å². The van der Waals surface area contributed by atoms with E-state index in [0.29, 0.717) is 25.3 Å². The number of hydrogen-bond donors (Lipinski definition) is 3. The van der Waals surface area contributed by atoms with Crippen molar-refractivity contribution in [3.05, 3.63) is 35.7 Å². The van der Waals surface area contributed by atoms with E-state index >= 15 is 0 Å². The number of aromatic amines is 2. The summed E-state index contributed by atoms with van der Waals surface area (Å²) in [5, 5.41) is 17.2. The van der Waals surface area contributed by atoms with Gasteiger partial charge >= 0.3 is 0 Å². The normalized spacial score (nSPS) is 22.4. The Hall–Kier alpha value is -2.15. The van der Waals surface area contributed by atoms with Gasteiger partial charge in [-0.15, -0.1) is 0 Å². The Bertz CT molecular complexity index is 592. The van der Waals surface area contributed by atoms with Crippen molar-refractivity contribution in [3.63, 3.8) is 0 Å². The molecule has 2 aromatic heterocycles. The lowest BCUT2D eigenvalue weighted by Gasteiger charge is -2.14. The zero-order valence-electron chi connectivity index (χ0n) is 11.2. The number of likely N-dealkylation sites (tertiary alicyclic amines) is 1. The molecule has 3 N–H and O–H groups in total. The van der Waals surface area contributed by atoms with Crippen LogP contribution in [0.3, 0.4) is 0 Å². The minimum absolute atomic E-state index is 0.0108. The molecule has 0 bridgehead atoms. The van der Waals surface area contributed by atoms with E-state index in [2.05, 4.69) is 20.2 Å². The summed E-state index contributed by atoms with van der Waals surface area (Å²) in [5.74, 6) is 0.153. The van der Waals surface area contributed by atoms with E-state index in [0.717, 1.165) is 11.4 Å². The van der Waals surface area contributed by atoms with Gasteiger partial charge in [0.1, 0.15) is 0 Å². The van der Waals surface area contributed by atoms with Crippen LogP contribution in [-0.4, -0.2) is 55.3 Å². The van der Waals surface area contributed by atoms with Gasteiger partial charge in [-0.25, -0.2) is 4.98 Å². The Balaban J connectivity index is 1.66. The van der Waals surface area contributed by atoms with Crippen molar-refractivity contribution in [2.45, 2.75) is 19.4 Å². The van der Waals surface area contributed by atoms with Gasteiger partial charge in [-0.05, 0) is 19.4 Å². The molecule has 1 aliphatic rings. The molecule has 106 valence electrons. The predicted molar refractivity (Wildman–Crippen MR) is 71.0 cm³/mol. The van der Waals surface area contributed by atoms with Gasteiger partial charge in [0.25, 0.3) is 5.91 Å². The third-order valence-electron chi connectivity index (χ3n) is 3.62. The number of nitrogens with zero attached hydrogens (tertiary/aromatic N) is 3. The quantitative estimate of drug-likeness (QED) is 0.741. The van der Waals surface area contributed by atoms with E-state index in [4.69, 9.17) is 0 Å². The number of nitrogens with one attached hydrogen (secondary N) is 2. The zero-order valence-corrected chi connectivity index (χ0v) is 11.2. The number of aryl methyl sites for hydroxylation is 1. The van der Waals surface area contributed by atoms with Crippen LogP contribution in [0.25, 0.3) is 0 Å². The highest BCUT2D eigenvalue weighted by molar-refractivity contribution is 5.90. The molecule has 1 saturated heterocycles. The fourth-order valence-electron chi connectivity index (χ4n) is 2.60. The second-order valence-electron chi connectivity index (χ2n) is 5.22. The molecule has 20 heavy (non-hydrogen) atoms. The third kappa shape index (κ3) is 2.44. The van der Waals surface area contributed by atoms with E-state index < -0.39 is 6.10 Å². The van der Waals surface area contributed by atoms with Gasteiger partial charge in [0.05, 0.1) is 11.8 Å². The largest absolute Gasteiger partial charge is 0.391 e. The van der Waals surface area contributed by atoms with Crippen molar-refractivity contribution in [3.8, 4) is 0 Å². The van der Waals surface area contributed by atoms with Gasteiger partial charge in [-0.3, -0.25) is 9.89 Å². The fourth-order valence-corrected chi connectivity index (χ4v) is 2.60. The minimum Gasteiger partial charge on any atom is -0.391 e. The SMILES string of the molecule is Cc1cc(C[C@@H]2CN(C(=O)c3ncc[nH]3)C[C@@H]2O)n[nH]1. The summed E-state index contributed by atoms with van der Waals surface area (Å²) in [7, 11) is 0. The van der Waals surface area contributed by atoms with Crippen LogP contribution >= 0.6 is 0 Å². The Labute approximate surface area is 116 Å². The van der Waals surface area contributed by atoms with Crippen molar-refractivity contribution in [1.29, 1.82) is 0 Å². The first kappa shape index (κ1) is 12.9. The summed E-state index contributed by atoms with van der Waals surface area (Å²) in [4.78, 5) is 20.5. The van der Waals surface area contributed by atoms with Crippen molar-refractivity contribution < 1.29 is 9.90 Å². The molecule has 0 aliphatic carbocycles. The van der Waals surface area contributed by atoms with Crippen LogP contribution < -0.4 is 0 Å². The lowest BCUT2D eigenvalue weighted by atomic mass is 10.0. The van der Waals surface area contributed by atoms with Crippen molar-refractivity contribution in [2.24, 2.45) is 5.92 Å². The summed E-state index contributed by atoms with van der Waals surface area (Å²) in [6.07, 6.45) is 3.30. The zero-order chi connectivity index (χ0) is 14.1. The lowest BCUT2D eigenvalue weighted by molar-refractivity contribution is 0.0754. The maximum Gasteiger partial charge on any atom is 0.289 e. The van der Waals surface area contributed by atoms with Gasteiger partial charge in [0.15, 0.2) is 5.82 Å². The molecule has 3 heterocycles. The average Bonchev–Trinajstić information content (AvgIpc) is 3.12. The van der Waals surface area contributed by atoms with Gasteiger partial charge in [0, 0.05) is 37.1 Å². The summed E-state index contributed by atoms with van der Waals surface area (Å²) in [6.45, 7) is 2.80. The van der Waals surface area contributed by atoms with Crippen molar-refractivity contribution in [1.82, 2.24) is 25.1 Å². The maximum absolute atomic E-state index is 12.2. The van der Waals surface area contributed by atoms with Gasteiger partial charge in [0.2, 0.25) is 0 Å². The number of aliphatic hydroxyl groups is 1. The molecule has 3 rings (SSSR count). The molecule has 1 fully saturated rings. The molecule has 0 unspecified atom stereocenters. The molecule has 1 aliphatic heterocycles. The first-order chi connectivity index (χ1) is 9.63. The topological polar surface area (TPSA) is 97.9 Å². The Morgan fingerprint density at radius 3 is 3.05 bits per heavy atom. The molecule has 0 aromatic carbocycles. The number of rotatable bonds is 3. The molecular weight excluding hydrogens is 258 g/mol. The smallest absolute Gasteiger partial charge is 0.289 e. The number of aromatic nitrogens is 4. The van der Waals surface area contributed by atoms with Crippen LogP contribution in [-0.2, 0) is 6.42 Å².